The number of halogens is 2. The number of H-pyrrole nitrogens is 1. The van der Waals surface area contributed by atoms with E-state index in [2.05, 4.69) is 28.6 Å². The highest BCUT2D eigenvalue weighted by Crippen LogP contribution is 2.48. The second kappa shape index (κ2) is 8.65. The number of fused-ring (bicyclic) bond motifs is 2. The van der Waals surface area contributed by atoms with E-state index in [0.29, 0.717) is 30.7 Å². The van der Waals surface area contributed by atoms with E-state index in [1.165, 1.54) is 6.07 Å². The molecule has 2 N–H and O–H groups in total. The summed E-state index contributed by atoms with van der Waals surface area (Å²) in [4.78, 5) is 16.5. The summed E-state index contributed by atoms with van der Waals surface area (Å²) in [7, 11) is 1.65. The Labute approximate surface area is 207 Å². The number of carboxylic acids is 1. The molecular weight excluding hydrogens is 466 g/mol. The van der Waals surface area contributed by atoms with Gasteiger partial charge in [0, 0.05) is 34.9 Å². The van der Waals surface area contributed by atoms with Crippen molar-refractivity contribution < 1.29 is 23.4 Å². The number of carboxylic acid groups (broad SMARTS) is 1. The molecule has 1 aliphatic rings. The van der Waals surface area contributed by atoms with Gasteiger partial charge in [-0.15, -0.1) is 0 Å². The molecule has 4 aromatic rings. The first-order valence-corrected chi connectivity index (χ1v) is 12.1. The van der Waals surface area contributed by atoms with Gasteiger partial charge < -0.3 is 14.4 Å². The Morgan fingerprint density at radius 2 is 2.03 bits per heavy atom. The second-order valence-corrected chi connectivity index (χ2v) is 10.6. The molecule has 5 rings (SSSR count). The van der Waals surface area contributed by atoms with Crippen molar-refractivity contribution in [3.8, 4) is 5.69 Å². The first-order valence-electron chi connectivity index (χ1n) is 12.1. The molecule has 0 atom stereocenters. The highest BCUT2D eigenvalue weighted by atomic mass is 19.1. The molecule has 0 radical (unpaired) electrons. The van der Waals surface area contributed by atoms with Crippen LogP contribution in [0.3, 0.4) is 0 Å². The zero-order valence-corrected chi connectivity index (χ0v) is 20.9. The van der Waals surface area contributed by atoms with Gasteiger partial charge in [-0.1, -0.05) is 13.8 Å². The number of aromatic amines is 1. The van der Waals surface area contributed by atoms with E-state index in [-0.39, 0.29) is 24.6 Å². The fraction of sp³-hybridized carbons (Fsp3) is 0.444. The third kappa shape index (κ3) is 3.86. The summed E-state index contributed by atoms with van der Waals surface area (Å²) in [6.45, 7) is 6.29. The average molecular weight is 497 g/mol. The molecule has 3 aromatic heterocycles. The number of nitrogens with one attached hydrogen (secondary N) is 1. The molecule has 1 fully saturated rings. The molecule has 9 heteroatoms. The van der Waals surface area contributed by atoms with Crippen LogP contribution in [0.25, 0.3) is 27.8 Å². The van der Waals surface area contributed by atoms with Crippen LogP contribution in [0.15, 0.2) is 30.5 Å². The summed E-state index contributed by atoms with van der Waals surface area (Å²) in [6, 6.07) is 7.02. The Morgan fingerprint density at radius 1 is 1.31 bits per heavy atom. The third-order valence-electron chi connectivity index (χ3n) is 7.50. The van der Waals surface area contributed by atoms with Crippen molar-refractivity contribution in [3.63, 3.8) is 0 Å². The fourth-order valence-electron chi connectivity index (χ4n) is 5.69. The summed E-state index contributed by atoms with van der Waals surface area (Å²) in [5, 5.41) is 17.3. The number of aryl methyl sites for hydroxylation is 1. The Hall–Kier alpha value is -3.33. The maximum Gasteiger partial charge on any atom is 0.341 e. The third-order valence-corrected chi connectivity index (χ3v) is 7.50. The minimum Gasteiger partial charge on any atom is -0.479 e. The van der Waals surface area contributed by atoms with Gasteiger partial charge in [0.1, 0.15) is 5.82 Å². The fourth-order valence-corrected chi connectivity index (χ4v) is 5.69. The van der Waals surface area contributed by atoms with Gasteiger partial charge in [0.05, 0.1) is 23.8 Å². The van der Waals surface area contributed by atoms with Gasteiger partial charge in [-0.2, -0.15) is 5.10 Å². The predicted molar refractivity (Wildman–Crippen MR) is 133 cm³/mol. The molecule has 7 nitrogen and oxygen atoms in total. The van der Waals surface area contributed by atoms with E-state index in [0.717, 1.165) is 33.4 Å². The second-order valence-electron chi connectivity index (χ2n) is 10.6. The number of carbonyl (C=O) groups is 1. The Balaban J connectivity index is 1.82. The van der Waals surface area contributed by atoms with Gasteiger partial charge in [0.2, 0.25) is 5.67 Å². The van der Waals surface area contributed by atoms with Crippen molar-refractivity contribution in [1.82, 2.24) is 19.7 Å². The lowest BCUT2D eigenvalue weighted by Crippen LogP contribution is -2.38. The molecule has 0 saturated heterocycles. The van der Waals surface area contributed by atoms with Crippen LogP contribution in [-0.2, 0) is 14.9 Å². The topological polar surface area (TPSA) is 93.0 Å². The minimum absolute atomic E-state index is 0.0637. The number of hydrogen-bond acceptors (Lipinski definition) is 4. The molecule has 1 saturated carbocycles. The average Bonchev–Trinajstić information content (AvgIpc) is 3.42. The van der Waals surface area contributed by atoms with E-state index in [4.69, 9.17) is 9.72 Å². The normalized spacial score (nSPS) is 20.9. The maximum atomic E-state index is 15.0. The lowest BCUT2D eigenvalue weighted by molar-refractivity contribution is -0.153. The largest absolute Gasteiger partial charge is 0.479 e. The van der Waals surface area contributed by atoms with Crippen LogP contribution in [0, 0.1) is 12.7 Å². The first kappa shape index (κ1) is 24.4. The van der Waals surface area contributed by atoms with Crippen molar-refractivity contribution >= 4 is 28.0 Å². The summed E-state index contributed by atoms with van der Waals surface area (Å²) in [5.41, 5.74) is 2.72. The molecule has 1 aromatic carbocycles. The highest BCUT2D eigenvalue weighted by molar-refractivity contribution is 5.94. The number of benzene rings is 1. The van der Waals surface area contributed by atoms with Crippen molar-refractivity contribution in [3.05, 3.63) is 53.1 Å². The predicted octanol–water partition coefficient (Wildman–Crippen LogP) is 5.72. The number of nitrogens with zero attached hydrogens (tertiary/aromatic N) is 3. The number of alkyl halides is 1. The van der Waals surface area contributed by atoms with Crippen molar-refractivity contribution in [2.24, 2.45) is 0 Å². The van der Waals surface area contributed by atoms with Gasteiger partial charge >= 0.3 is 5.97 Å². The zero-order chi connectivity index (χ0) is 25.8. The standard InChI is InChI=1S/C27H30F2N4O3/c1-15-11-18(5-6-19(15)28)33-20-12-17-13-30-32-24(17)31-22(20)21(23(33)26(2,3)14-36-4)16-7-9-27(29,10-8-16)25(34)35/h5-6,11-13,16H,7-10,14H2,1-4H3,(H,34,35)(H,30,31,32). The van der Waals surface area contributed by atoms with E-state index < -0.39 is 17.1 Å². The van der Waals surface area contributed by atoms with Gasteiger partial charge in [-0.25, -0.2) is 18.6 Å². The van der Waals surface area contributed by atoms with Crippen LogP contribution in [0.2, 0.25) is 0 Å². The molecule has 0 amide bonds. The Morgan fingerprint density at radius 3 is 2.67 bits per heavy atom. The number of pyridine rings is 1. The van der Waals surface area contributed by atoms with E-state index >= 15 is 0 Å². The van der Waals surface area contributed by atoms with Crippen molar-refractivity contribution in [1.29, 1.82) is 0 Å². The summed E-state index contributed by atoms with van der Waals surface area (Å²) < 4.78 is 36.9. The van der Waals surface area contributed by atoms with E-state index in [9.17, 15) is 18.7 Å². The number of rotatable bonds is 6. The van der Waals surface area contributed by atoms with Crippen LogP contribution in [0.5, 0.6) is 0 Å². The quantitative estimate of drug-likeness (QED) is 0.356. The van der Waals surface area contributed by atoms with Crippen LogP contribution in [0.1, 0.15) is 62.3 Å². The van der Waals surface area contributed by atoms with Crippen LogP contribution in [-0.4, -0.2) is 50.2 Å². The summed E-state index contributed by atoms with van der Waals surface area (Å²) in [6.07, 6.45) is 2.34. The molecular formula is C27H30F2N4O3. The molecule has 3 heterocycles. The number of aromatic nitrogens is 4. The van der Waals surface area contributed by atoms with Gasteiger partial charge in [-0.3, -0.25) is 5.10 Å². The highest BCUT2D eigenvalue weighted by Gasteiger charge is 2.45. The van der Waals surface area contributed by atoms with Gasteiger partial charge in [0.25, 0.3) is 0 Å². The molecule has 0 spiro atoms. The molecule has 190 valence electrons. The Bertz CT molecular complexity index is 1460. The molecule has 36 heavy (non-hydrogen) atoms. The number of ether oxygens (including phenoxy) is 1. The maximum absolute atomic E-state index is 15.0. The van der Waals surface area contributed by atoms with E-state index in [1.807, 2.05) is 12.1 Å². The number of aliphatic carboxylic acids is 1. The van der Waals surface area contributed by atoms with Crippen molar-refractivity contribution in [2.45, 2.75) is 63.5 Å². The summed E-state index contributed by atoms with van der Waals surface area (Å²) in [5.74, 6) is -1.79. The molecule has 1 aliphatic carbocycles. The van der Waals surface area contributed by atoms with Gasteiger partial charge in [0.15, 0.2) is 5.65 Å². The number of hydrogen-bond donors (Lipinski definition) is 2. The first-order chi connectivity index (χ1) is 17.1. The van der Waals surface area contributed by atoms with Crippen LogP contribution < -0.4 is 0 Å². The smallest absolute Gasteiger partial charge is 0.341 e. The molecule has 0 unspecified atom stereocenters. The monoisotopic (exact) mass is 496 g/mol. The number of methoxy groups -OCH3 is 1. The van der Waals surface area contributed by atoms with E-state index in [1.54, 1.807) is 26.3 Å². The lowest BCUT2D eigenvalue weighted by Gasteiger charge is -2.34. The lowest BCUT2D eigenvalue weighted by atomic mass is 9.74. The summed E-state index contributed by atoms with van der Waals surface area (Å²) >= 11 is 0. The minimum atomic E-state index is -2.21. The van der Waals surface area contributed by atoms with Crippen molar-refractivity contribution in [2.75, 3.05) is 13.7 Å². The molecule has 0 bridgehead atoms. The van der Waals surface area contributed by atoms with Gasteiger partial charge in [-0.05, 0) is 68.4 Å². The van der Waals surface area contributed by atoms with Crippen LogP contribution in [0.4, 0.5) is 8.78 Å². The SMILES string of the molecule is COCC(C)(C)c1c(C2CCC(F)(C(=O)O)CC2)c2nc3[nH]ncc3cc2n1-c1ccc(F)c(C)c1. The molecule has 0 aliphatic heterocycles. The zero-order valence-electron chi connectivity index (χ0n) is 20.9. The Kier molecular flexibility index (Phi) is 5.86. The van der Waals surface area contributed by atoms with Crippen LogP contribution >= 0.6 is 0 Å².